The number of nitrogens with one attached hydrogen (secondary N) is 1. The lowest BCUT2D eigenvalue weighted by Crippen LogP contribution is -2.46. The minimum atomic E-state index is 0.0321. The maximum Gasteiger partial charge on any atom is 0.0992 e. The van der Waals surface area contributed by atoms with Gasteiger partial charge in [-0.05, 0) is 43.4 Å². The Hall–Kier alpha value is -1.08. The zero-order valence-electron chi connectivity index (χ0n) is 12.8. The highest BCUT2D eigenvalue weighted by molar-refractivity contribution is 6.31. The second kappa shape index (κ2) is 7.26. The van der Waals surface area contributed by atoms with Crippen molar-refractivity contribution in [2.24, 2.45) is 0 Å². The van der Waals surface area contributed by atoms with Gasteiger partial charge in [-0.3, -0.25) is 0 Å². The van der Waals surface area contributed by atoms with Crippen LogP contribution in [-0.4, -0.2) is 18.2 Å². The summed E-state index contributed by atoms with van der Waals surface area (Å²) in [4.78, 5) is 0. The lowest BCUT2D eigenvalue weighted by atomic mass is 9.86. The highest BCUT2D eigenvalue weighted by Crippen LogP contribution is 2.31. The summed E-state index contributed by atoms with van der Waals surface area (Å²) in [5.74, 6) is 0. The molecule has 2 rings (SSSR count). The second-order valence-electron chi connectivity index (χ2n) is 5.73. The van der Waals surface area contributed by atoms with Crippen LogP contribution < -0.4 is 5.32 Å². The van der Waals surface area contributed by atoms with Gasteiger partial charge < -0.3 is 10.1 Å². The van der Waals surface area contributed by atoms with E-state index in [-0.39, 0.29) is 5.60 Å². The van der Waals surface area contributed by atoms with Crippen LogP contribution in [0.15, 0.2) is 18.2 Å². The molecule has 0 bridgehead atoms. The molecule has 1 aromatic rings. The van der Waals surface area contributed by atoms with E-state index in [1.54, 1.807) is 6.07 Å². The third-order valence-corrected chi connectivity index (χ3v) is 4.90. The molecule has 1 heterocycles. The maximum absolute atomic E-state index is 8.86. The molecule has 1 aliphatic rings. The molecule has 1 atom stereocenters. The highest BCUT2D eigenvalue weighted by atomic mass is 35.5. The fraction of sp³-hybridized carbons (Fsp3) is 0.588. The van der Waals surface area contributed by atoms with Gasteiger partial charge >= 0.3 is 0 Å². The van der Waals surface area contributed by atoms with Gasteiger partial charge in [0.05, 0.1) is 17.2 Å². The predicted octanol–water partition coefficient (Wildman–Crippen LogP) is 4.04. The number of nitrogens with zero attached hydrogens (tertiary/aromatic N) is 1. The van der Waals surface area contributed by atoms with Crippen LogP contribution in [0, 0.1) is 11.3 Å². The fourth-order valence-electron chi connectivity index (χ4n) is 2.96. The van der Waals surface area contributed by atoms with Gasteiger partial charge in [-0.25, -0.2) is 0 Å². The summed E-state index contributed by atoms with van der Waals surface area (Å²) in [6.07, 6.45) is 4.20. The van der Waals surface area contributed by atoms with Crippen LogP contribution in [0.1, 0.15) is 50.7 Å². The molecular weight excluding hydrogens is 284 g/mol. The van der Waals surface area contributed by atoms with E-state index in [0.717, 1.165) is 44.4 Å². The highest BCUT2D eigenvalue weighted by Gasteiger charge is 2.34. The average molecular weight is 307 g/mol. The normalized spacial score (nSPS) is 21.0. The molecule has 1 aromatic carbocycles. The van der Waals surface area contributed by atoms with Crippen molar-refractivity contribution < 1.29 is 4.74 Å². The monoisotopic (exact) mass is 306 g/mol. The van der Waals surface area contributed by atoms with Crippen molar-refractivity contribution in [3.8, 4) is 6.07 Å². The van der Waals surface area contributed by atoms with Gasteiger partial charge in [0.15, 0.2) is 0 Å². The van der Waals surface area contributed by atoms with E-state index in [0.29, 0.717) is 16.6 Å². The molecule has 0 aliphatic carbocycles. The van der Waals surface area contributed by atoms with Crippen LogP contribution in [0.3, 0.4) is 0 Å². The topological polar surface area (TPSA) is 45.0 Å². The molecule has 1 fully saturated rings. The molecule has 0 saturated carbocycles. The molecule has 4 heteroatoms. The molecule has 0 radical (unpaired) electrons. The Bertz CT molecular complexity index is 520. The Morgan fingerprint density at radius 2 is 2.19 bits per heavy atom. The van der Waals surface area contributed by atoms with Gasteiger partial charge in [0.1, 0.15) is 0 Å². The number of hydrogen-bond donors (Lipinski definition) is 1. The summed E-state index contributed by atoms with van der Waals surface area (Å²) < 4.78 is 6.00. The van der Waals surface area contributed by atoms with Crippen LogP contribution in [0.5, 0.6) is 0 Å². The molecule has 0 aromatic heterocycles. The standard InChI is InChI=1S/C17H23ClN2O/c1-3-17(4-2)10-15(7-8-21-17)20-12-14-6-5-13(11-19)9-16(14)18/h5-6,9,15,20H,3-4,7-8,10,12H2,1-2H3. The van der Waals surface area contributed by atoms with Crippen molar-refractivity contribution in [1.82, 2.24) is 5.32 Å². The van der Waals surface area contributed by atoms with Gasteiger partial charge in [0.25, 0.3) is 0 Å². The largest absolute Gasteiger partial charge is 0.375 e. The van der Waals surface area contributed by atoms with Gasteiger partial charge in [-0.1, -0.05) is 31.5 Å². The summed E-state index contributed by atoms with van der Waals surface area (Å²) in [5.41, 5.74) is 1.68. The smallest absolute Gasteiger partial charge is 0.0992 e. The summed E-state index contributed by atoms with van der Waals surface area (Å²) >= 11 is 6.22. The Kier molecular flexibility index (Phi) is 5.64. The maximum atomic E-state index is 8.86. The van der Waals surface area contributed by atoms with E-state index in [1.807, 2.05) is 12.1 Å². The molecule has 1 N–H and O–H groups in total. The Labute approximate surface area is 132 Å². The van der Waals surface area contributed by atoms with E-state index < -0.39 is 0 Å². The number of halogens is 1. The third kappa shape index (κ3) is 3.97. The quantitative estimate of drug-likeness (QED) is 0.893. The lowest BCUT2D eigenvalue weighted by molar-refractivity contribution is -0.0932. The van der Waals surface area contributed by atoms with E-state index in [1.165, 1.54) is 0 Å². The van der Waals surface area contributed by atoms with Crippen molar-refractivity contribution in [1.29, 1.82) is 5.26 Å². The number of benzene rings is 1. The Balaban J connectivity index is 1.95. The first kappa shape index (κ1) is 16.3. The summed E-state index contributed by atoms with van der Waals surface area (Å²) in [6, 6.07) is 8.04. The first-order valence-corrected chi connectivity index (χ1v) is 8.06. The molecule has 1 unspecified atom stereocenters. The molecular formula is C17H23ClN2O. The van der Waals surface area contributed by atoms with Gasteiger partial charge in [-0.2, -0.15) is 5.26 Å². The molecule has 21 heavy (non-hydrogen) atoms. The van der Waals surface area contributed by atoms with E-state index in [4.69, 9.17) is 21.6 Å². The van der Waals surface area contributed by atoms with Crippen LogP contribution in [0.25, 0.3) is 0 Å². The zero-order chi connectivity index (χ0) is 15.3. The zero-order valence-corrected chi connectivity index (χ0v) is 13.5. The molecule has 114 valence electrons. The number of rotatable bonds is 5. The minimum absolute atomic E-state index is 0.0321. The molecule has 1 saturated heterocycles. The van der Waals surface area contributed by atoms with Crippen molar-refractivity contribution in [3.05, 3.63) is 34.3 Å². The van der Waals surface area contributed by atoms with Crippen molar-refractivity contribution in [3.63, 3.8) is 0 Å². The van der Waals surface area contributed by atoms with Gasteiger partial charge in [0.2, 0.25) is 0 Å². The van der Waals surface area contributed by atoms with Crippen molar-refractivity contribution in [2.45, 2.75) is 57.7 Å². The van der Waals surface area contributed by atoms with Crippen LogP contribution >= 0.6 is 11.6 Å². The predicted molar refractivity (Wildman–Crippen MR) is 85.3 cm³/mol. The molecule has 1 aliphatic heterocycles. The lowest BCUT2D eigenvalue weighted by Gasteiger charge is -2.40. The molecule has 0 spiro atoms. The Morgan fingerprint density at radius 1 is 1.43 bits per heavy atom. The van der Waals surface area contributed by atoms with Gasteiger partial charge in [0, 0.05) is 24.2 Å². The SMILES string of the molecule is CCC1(CC)CC(NCc2ccc(C#N)cc2Cl)CCO1. The number of hydrogen-bond acceptors (Lipinski definition) is 3. The summed E-state index contributed by atoms with van der Waals surface area (Å²) in [5, 5.41) is 13.1. The number of ether oxygens (including phenoxy) is 1. The van der Waals surface area contributed by atoms with E-state index in [9.17, 15) is 0 Å². The second-order valence-corrected chi connectivity index (χ2v) is 6.13. The van der Waals surface area contributed by atoms with Crippen LogP contribution in [0.4, 0.5) is 0 Å². The fourth-order valence-corrected chi connectivity index (χ4v) is 3.21. The van der Waals surface area contributed by atoms with Crippen LogP contribution in [0.2, 0.25) is 5.02 Å². The number of nitriles is 1. The molecule has 0 amide bonds. The summed E-state index contributed by atoms with van der Waals surface area (Å²) in [6.45, 7) is 5.95. The van der Waals surface area contributed by atoms with E-state index in [2.05, 4.69) is 25.2 Å². The first-order chi connectivity index (χ1) is 10.1. The van der Waals surface area contributed by atoms with Crippen LogP contribution in [-0.2, 0) is 11.3 Å². The van der Waals surface area contributed by atoms with Gasteiger partial charge in [-0.15, -0.1) is 0 Å². The summed E-state index contributed by atoms with van der Waals surface area (Å²) in [7, 11) is 0. The molecule has 3 nitrogen and oxygen atoms in total. The van der Waals surface area contributed by atoms with Crippen molar-refractivity contribution in [2.75, 3.05) is 6.61 Å². The Morgan fingerprint density at radius 3 is 2.81 bits per heavy atom. The minimum Gasteiger partial charge on any atom is -0.375 e. The van der Waals surface area contributed by atoms with Crippen molar-refractivity contribution >= 4 is 11.6 Å². The average Bonchev–Trinajstić information content (AvgIpc) is 2.53. The van der Waals surface area contributed by atoms with E-state index >= 15 is 0 Å². The third-order valence-electron chi connectivity index (χ3n) is 4.54. The first-order valence-electron chi connectivity index (χ1n) is 7.68.